The number of ether oxygens (including phenoxy) is 2. The number of rotatable bonds is 16. The molecule has 0 saturated heterocycles. The minimum Gasteiger partial charge on any atom is -0.461 e. The van der Waals surface area contributed by atoms with Crippen molar-refractivity contribution < 1.29 is 18.7 Å². The fourth-order valence-corrected chi connectivity index (χ4v) is 7.81. The highest BCUT2D eigenvalue weighted by Crippen LogP contribution is 2.39. The van der Waals surface area contributed by atoms with Gasteiger partial charge in [-0.05, 0) is 61.7 Å². The first-order valence-electron chi connectivity index (χ1n) is 17.9. The number of furan rings is 1. The van der Waals surface area contributed by atoms with Crippen molar-refractivity contribution in [1.29, 1.82) is 0 Å². The molecular formula is C41H43ClN6O4S. The lowest BCUT2D eigenvalue weighted by molar-refractivity contribution is -0.121. The molecule has 274 valence electrons. The molecule has 0 aliphatic carbocycles. The molecule has 12 heteroatoms. The predicted octanol–water partition coefficient (Wildman–Crippen LogP) is 7.47. The van der Waals surface area contributed by atoms with Crippen molar-refractivity contribution in [3.05, 3.63) is 134 Å². The zero-order valence-electron chi connectivity index (χ0n) is 30.2. The number of hydrogen-bond donors (Lipinski definition) is 2. The number of aliphatic imine (C=N–C) groups is 1. The molecule has 0 spiro atoms. The van der Waals surface area contributed by atoms with Crippen LogP contribution in [-0.2, 0) is 27.2 Å². The summed E-state index contributed by atoms with van der Waals surface area (Å²) in [5, 5.41) is 18.0. The summed E-state index contributed by atoms with van der Waals surface area (Å²) in [7, 11) is 0. The minimum atomic E-state index is -0.519. The number of benzene rings is 3. The zero-order chi connectivity index (χ0) is 36.7. The van der Waals surface area contributed by atoms with Crippen molar-refractivity contribution in [2.75, 3.05) is 39.5 Å². The van der Waals surface area contributed by atoms with E-state index in [9.17, 15) is 4.79 Å². The number of hydrogen-bond acceptors (Lipinski definition) is 9. The molecule has 1 atom stereocenters. The van der Waals surface area contributed by atoms with Gasteiger partial charge < -0.3 is 24.5 Å². The van der Waals surface area contributed by atoms with Crippen molar-refractivity contribution in [2.45, 2.75) is 46.2 Å². The third-order valence-corrected chi connectivity index (χ3v) is 10.7. The summed E-state index contributed by atoms with van der Waals surface area (Å²) >= 11 is 7.90. The summed E-state index contributed by atoms with van der Waals surface area (Å²) in [6.45, 7) is 9.83. The highest BCUT2D eigenvalue weighted by Gasteiger charge is 2.32. The average molecular weight is 751 g/mol. The molecule has 0 unspecified atom stereocenters. The van der Waals surface area contributed by atoms with Gasteiger partial charge in [-0.25, -0.2) is 0 Å². The van der Waals surface area contributed by atoms with Crippen LogP contribution >= 0.6 is 22.9 Å². The normalized spacial score (nSPS) is 13.8. The van der Waals surface area contributed by atoms with Gasteiger partial charge in [0, 0.05) is 52.5 Å². The van der Waals surface area contributed by atoms with E-state index in [4.69, 9.17) is 30.5 Å². The Kier molecular flexibility index (Phi) is 11.8. The van der Waals surface area contributed by atoms with Gasteiger partial charge in [-0.1, -0.05) is 66.2 Å². The molecule has 53 heavy (non-hydrogen) atoms. The number of carbonyl (C=O) groups excluding carboxylic acids is 1. The molecule has 2 N–H and O–H groups in total. The summed E-state index contributed by atoms with van der Waals surface area (Å²) in [4.78, 5) is 19.5. The van der Waals surface area contributed by atoms with E-state index >= 15 is 0 Å². The molecule has 0 saturated carbocycles. The van der Waals surface area contributed by atoms with Crippen LogP contribution in [0.4, 0.5) is 0 Å². The highest BCUT2D eigenvalue weighted by atomic mass is 35.5. The Morgan fingerprint density at radius 2 is 1.68 bits per heavy atom. The molecule has 6 aromatic rings. The lowest BCUT2D eigenvalue weighted by Crippen LogP contribution is -2.29. The number of nitrogens with zero attached hydrogens (tertiary/aromatic N) is 4. The van der Waals surface area contributed by atoms with Gasteiger partial charge in [0.15, 0.2) is 5.82 Å². The molecule has 3 aromatic heterocycles. The lowest BCUT2D eigenvalue weighted by atomic mass is 9.99. The molecule has 1 aliphatic rings. The van der Waals surface area contributed by atoms with Gasteiger partial charge in [0.05, 0.1) is 38.6 Å². The Morgan fingerprint density at radius 3 is 2.47 bits per heavy atom. The first kappa shape index (κ1) is 36.7. The van der Waals surface area contributed by atoms with Crippen LogP contribution in [0, 0.1) is 20.8 Å². The SMILES string of the molecule is Cc1sc2c(c1C)C(c1ccc(Cl)cc1)=N[C@@H](CC(=O)NCCOCCOCCNCc1ccc3cc(Cc4ccccc4)oc3c1)c1nnc(C)n1-2. The van der Waals surface area contributed by atoms with E-state index in [1.165, 1.54) is 10.4 Å². The van der Waals surface area contributed by atoms with Crippen LogP contribution in [-0.4, -0.2) is 65.9 Å². The molecule has 1 amide bonds. The molecule has 3 aromatic carbocycles. The summed E-state index contributed by atoms with van der Waals surface area (Å²) < 4.78 is 19.6. The van der Waals surface area contributed by atoms with E-state index in [0.717, 1.165) is 75.0 Å². The number of aryl methyl sites for hydroxylation is 2. The quantitative estimate of drug-likeness (QED) is 0.0987. The Morgan fingerprint density at radius 1 is 0.906 bits per heavy atom. The average Bonchev–Trinajstić information content (AvgIpc) is 3.80. The predicted molar refractivity (Wildman–Crippen MR) is 210 cm³/mol. The van der Waals surface area contributed by atoms with Gasteiger partial charge in [-0.15, -0.1) is 21.5 Å². The Bertz CT molecular complexity index is 2210. The van der Waals surface area contributed by atoms with Crippen molar-refractivity contribution in [1.82, 2.24) is 25.4 Å². The van der Waals surface area contributed by atoms with E-state index in [0.29, 0.717) is 43.8 Å². The van der Waals surface area contributed by atoms with Crippen LogP contribution in [0.3, 0.4) is 0 Å². The van der Waals surface area contributed by atoms with Crippen LogP contribution < -0.4 is 10.6 Å². The van der Waals surface area contributed by atoms with Crippen LogP contribution in [0.5, 0.6) is 0 Å². The van der Waals surface area contributed by atoms with Gasteiger partial charge in [0.1, 0.15) is 28.2 Å². The first-order chi connectivity index (χ1) is 25.8. The van der Waals surface area contributed by atoms with Crippen LogP contribution in [0.1, 0.15) is 62.6 Å². The number of aromatic nitrogens is 3. The number of nitrogens with one attached hydrogen (secondary N) is 2. The second-order valence-electron chi connectivity index (χ2n) is 13.1. The van der Waals surface area contributed by atoms with Crippen molar-refractivity contribution in [3.63, 3.8) is 0 Å². The molecule has 0 radical (unpaired) electrons. The summed E-state index contributed by atoms with van der Waals surface area (Å²) in [6.07, 6.45) is 0.910. The molecule has 10 nitrogen and oxygen atoms in total. The van der Waals surface area contributed by atoms with Gasteiger partial charge >= 0.3 is 0 Å². The molecular weight excluding hydrogens is 708 g/mol. The van der Waals surface area contributed by atoms with E-state index < -0.39 is 6.04 Å². The first-order valence-corrected chi connectivity index (χ1v) is 19.1. The fraction of sp³-hybridized carbons (Fsp3) is 0.317. The second-order valence-corrected chi connectivity index (χ2v) is 14.7. The number of amides is 1. The largest absolute Gasteiger partial charge is 0.461 e. The number of fused-ring (bicyclic) bond motifs is 4. The van der Waals surface area contributed by atoms with Crippen molar-refractivity contribution in [3.8, 4) is 5.00 Å². The van der Waals surface area contributed by atoms with Crippen LogP contribution in [0.15, 0.2) is 88.3 Å². The second kappa shape index (κ2) is 17.0. The minimum absolute atomic E-state index is 0.128. The zero-order valence-corrected chi connectivity index (χ0v) is 31.7. The van der Waals surface area contributed by atoms with E-state index in [1.54, 1.807) is 11.3 Å². The maximum absolute atomic E-state index is 13.2. The molecule has 0 bridgehead atoms. The van der Waals surface area contributed by atoms with E-state index in [-0.39, 0.29) is 12.3 Å². The van der Waals surface area contributed by atoms with Crippen molar-refractivity contribution >= 4 is 45.5 Å². The Balaban J connectivity index is 0.825. The van der Waals surface area contributed by atoms with Gasteiger partial charge in [0.25, 0.3) is 0 Å². The maximum atomic E-state index is 13.2. The summed E-state index contributed by atoms with van der Waals surface area (Å²) in [5.41, 5.74) is 7.24. The van der Waals surface area contributed by atoms with E-state index in [1.807, 2.05) is 54.0 Å². The van der Waals surface area contributed by atoms with Gasteiger partial charge in [-0.2, -0.15) is 0 Å². The maximum Gasteiger partial charge on any atom is 0.222 e. The summed E-state index contributed by atoms with van der Waals surface area (Å²) in [5.74, 6) is 2.24. The highest BCUT2D eigenvalue weighted by molar-refractivity contribution is 7.15. The van der Waals surface area contributed by atoms with Crippen LogP contribution in [0.25, 0.3) is 16.0 Å². The van der Waals surface area contributed by atoms with Gasteiger partial charge in [-0.3, -0.25) is 14.4 Å². The third kappa shape index (κ3) is 8.77. The topological polar surface area (TPSA) is 116 Å². The molecule has 0 fully saturated rings. The fourth-order valence-electron chi connectivity index (χ4n) is 6.47. The van der Waals surface area contributed by atoms with Crippen molar-refractivity contribution in [2.24, 2.45) is 4.99 Å². The Labute approximate surface area is 318 Å². The van der Waals surface area contributed by atoms with Gasteiger partial charge in [0.2, 0.25) is 5.91 Å². The molecule has 7 rings (SSSR count). The monoisotopic (exact) mass is 750 g/mol. The number of carbonyl (C=O) groups is 1. The summed E-state index contributed by atoms with van der Waals surface area (Å²) in [6, 6.07) is 25.9. The standard InChI is InChI=1S/C41H43ClN6O4S/c1-26-27(2)53-41-38(26)39(31-11-13-33(42)14-12-31)45-35(40-47-46-28(3)48(40)41)24-37(49)44-16-18-51-20-19-50-17-15-43-25-30-9-10-32-23-34(52-36(32)22-30)21-29-7-5-4-6-8-29/h4-14,22-23,35,43H,15-21,24-25H2,1-3H3,(H,44,49)/t35-/m0/s1. The molecule has 4 heterocycles. The van der Waals surface area contributed by atoms with Crippen LogP contribution in [0.2, 0.25) is 5.02 Å². The number of thiophene rings is 1. The molecule has 1 aliphatic heterocycles. The number of halogens is 1. The smallest absolute Gasteiger partial charge is 0.222 e. The third-order valence-electron chi connectivity index (χ3n) is 9.29. The Hall–Kier alpha value is -4.65. The lowest BCUT2D eigenvalue weighted by Gasteiger charge is -2.13. The van der Waals surface area contributed by atoms with E-state index in [2.05, 4.69) is 71.1 Å².